The predicted octanol–water partition coefficient (Wildman–Crippen LogP) is 4.01. The molecular formula is C24H36N4O3S. The molecule has 0 aliphatic rings. The van der Waals surface area contributed by atoms with Gasteiger partial charge in [0.05, 0.1) is 17.5 Å². The van der Waals surface area contributed by atoms with Gasteiger partial charge in [-0.05, 0) is 36.1 Å². The predicted molar refractivity (Wildman–Crippen MR) is 128 cm³/mol. The van der Waals surface area contributed by atoms with Gasteiger partial charge in [-0.1, -0.05) is 27.7 Å². The van der Waals surface area contributed by atoms with E-state index in [-0.39, 0.29) is 10.9 Å². The minimum Gasteiger partial charge on any atom is -0.464 e. The lowest BCUT2D eigenvalue weighted by molar-refractivity contribution is 0.175. The SMILES string of the molecule is CC(C)CN(CC(C)C)C[C@H](Cc1cncn1C)N(C)S(=O)(=O)c1ccc2occc2c1. The summed E-state index contributed by atoms with van der Waals surface area (Å²) in [5, 5.41) is 0.781. The van der Waals surface area contributed by atoms with E-state index in [0.717, 1.165) is 24.2 Å². The summed E-state index contributed by atoms with van der Waals surface area (Å²) in [5.74, 6) is 0.994. The number of furan rings is 1. The highest BCUT2D eigenvalue weighted by Crippen LogP contribution is 2.24. The van der Waals surface area contributed by atoms with Gasteiger partial charge in [0.25, 0.3) is 0 Å². The van der Waals surface area contributed by atoms with Crippen molar-refractivity contribution in [3.63, 3.8) is 0 Å². The van der Waals surface area contributed by atoms with Gasteiger partial charge in [-0.2, -0.15) is 4.31 Å². The zero-order valence-corrected chi connectivity index (χ0v) is 20.8. The molecule has 0 saturated carbocycles. The van der Waals surface area contributed by atoms with E-state index < -0.39 is 10.0 Å². The maximum atomic E-state index is 13.6. The first-order valence-electron chi connectivity index (χ1n) is 11.2. The lowest BCUT2D eigenvalue weighted by atomic mass is 10.1. The Morgan fingerprint density at radius 2 is 1.75 bits per heavy atom. The van der Waals surface area contributed by atoms with Crippen molar-refractivity contribution in [2.75, 3.05) is 26.7 Å². The Hall–Kier alpha value is -2.16. The molecule has 3 rings (SSSR count). The van der Waals surface area contributed by atoms with Gasteiger partial charge < -0.3 is 13.9 Å². The monoisotopic (exact) mass is 460 g/mol. The molecule has 7 nitrogen and oxygen atoms in total. The van der Waals surface area contributed by atoms with Crippen molar-refractivity contribution in [2.24, 2.45) is 18.9 Å². The number of likely N-dealkylation sites (N-methyl/N-ethyl adjacent to an activating group) is 1. The van der Waals surface area contributed by atoms with Crippen LogP contribution in [0.3, 0.4) is 0 Å². The lowest BCUT2D eigenvalue weighted by Gasteiger charge is -2.34. The summed E-state index contributed by atoms with van der Waals surface area (Å²) in [7, 11) is -0.0523. The maximum Gasteiger partial charge on any atom is 0.243 e. The zero-order valence-electron chi connectivity index (χ0n) is 20.0. The van der Waals surface area contributed by atoms with Crippen LogP contribution in [0, 0.1) is 11.8 Å². The summed E-state index contributed by atoms with van der Waals surface area (Å²) in [6.45, 7) is 11.3. The molecule has 0 aliphatic heterocycles. The second-order valence-corrected chi connectivity index (χ2v) is 11.5. The molecule has 3 aromatic rings. The quantitative estimate of drug-likeness (QED) is 0.432. The first-order chi connectivity index (χ1) is 15.1. The Kier molecular flexibility index (Phi) is 7.79. The molecule has 176 valence electrons. The van der Waals surface area contributed by atoms with Crippen LogP contribution in [0.15, 0.2) is 52.4 Å². The molecule has 0 spiro atoms. The number of sulfonamides is 1. The molecule has 1 atom stereocenters. The number of fused-ring (bicyclic) bond motifs is 1. The molecule has 0 unspecified atom stereocenters. The number of hydrogen-bond donors (Lipinski definition) is 0. The third-order valence-electron chi connectivity index (χ3n) is 5.69. The van der Waals surface area contributed by atoms with Crippen LogP contribution in [0.4, 0.5) is 0 Å². The van der Waals surface area contributed by atoms with Crippen molar-refractivity contribution in [3.8, 4) is 0 Å². The normalized spacial score (nSPS) is 13.8. The number of aryl methyl sites for hydroxylation is 1. The van der Waals surface area contributed by atoms with E-state index in [0.29, 0.717) is 30.4 Å². The number of imidazole rings is 1. The van der Waals surface area contributed by atoms with Gasteiger partial charge in [0.2, 0.25) is 10.0 Å². The van der Waals surface area contributed by atoms with Gasteiger partial charge in [0, 0.05) is 63.5 Å². The number of nitrogens with zero attached hydrogens (tertiary/aromatic N) is 4. The van der Waals surface area contributed by atoms with Gasteiger partial charge in [-0.25, -0.2) is 13.4 Å². The Bertz CT molecular complexity index is 1110. The average molecular weight is 461 g/mol. The molecule has 2 heterocycles. The smallest absolute Gasteiger partial charge is 0.243 e. The summed E-state index contributed by atoms with van der Waals surface area (Å²) in [6, 6.07) is 6.59. The average Bonchev–Trinajstić information content (AvgIpc) is 3.34. The standard InChI is InChI=1S/C24H36N4O3S/c1-18(2)14-28(15-19(3)4)16-22(12-21-13-25-17-26(21)5)27(6)32(29,30)23-7-8-24-20(11-23)9-10-31-24/h7-11,13,17-19,22H,12,14-16H2,1-6H3/t22-/m0/s1. The second kappa shape index (κ2) is 10.2. The highest BCUT2D eigenvalue weighted by atomic mass is 32.2. The van der Waals surface area contributed by atoms with E-state index in [1.165, 1.54) is 4.31 Å². The fourth-order valence-electron chi connectivity index (χ4n) is 4.15. The van der Waals surface area contributed by atoms with Gasteiger partial charge in [0.1, 0.15) is 5.58 Å². The first-order valence-corrected chi connectivity index (χ1v) is 12.6. The Labute approximate surface area is 192 Å². The largest absolute Gasteiger partial charge is 0.464 e. The van der Waals surface area contributed by atoms with E-state index in [1.807, 2.05) is 17.8 Å². The topological polar surface area (TPSA) is 71.6 Å². The molecular weight excluding hydrogens is 424 g/mol. The highest BCUT2D eigenvalue weighted by molar-refractivity contribution is 7.89. The fourth-order valence-corrected chi connectivity index (χ4v) is 5.54. The van der Waals surface area contributed by atoms with Gasteiger partial charge in [-0.3, -0.25) is 0 Å². The molecule has 32 heavy (non-hydrogen) atoms. The summed E-state index contributed by atoms with van der Waals surface area (Å²) >= 11 is 0. The van der Waals surface area contributed by atoms with Crippen LogP contribution in [0.5, 0.6) is 0 Å². The van der Waals surface area contributed by atoms with Crippen LogP contribution >= 0.6 is 0 Å². The van der Waals surface area contributed by atoms with Crippen molar-refractivity contribution in [1.29, 1.82) is 0 Å². The zero-order chi connectivity index (χ0) is 23.5. The van der Waals surface area contributed by atoms with E-state index in [2.05, 4.69) is 37.6 Å². The van der Waals surface area contributed by atoms with E-state index in [1.54, 1.807) is 43.9 Å². The van der Waals surface area contributed by atoms with Crippen molar-refractivity contribution in [3.05, 3.63) is 48.7 Å². The van der Waals surface area contributed by atoms with Crippen molar-refractivity contribution in [2.45, 2.75) is 45.1 Å². The van der Waals surface area contributed by atoms with Gasteiger partial charge >= 0.3 is 0 Å². The summed E-state index contributed by atoms with van der Waals surface area (Å²) < 4.78 is 36.1. The third-order valence-corrected chi connectivity index (χ3v) is 7.60. The van der Waals surface area contributed by atoms with E-state index >= 15 is 0 Å². The summed E-state index contributed by atoms with van der Waals surface area (Å²) in [5.41, 5.74) is 1.69. The second-order valence-electron chi connectivity index (χ2n) is 9.50. The van der Waals surface area contributed by atoms with Gasteiger partial charge in [-0.15, -0.1) is 0 Å². The van der Waals surface area contributed by atoms with Crippen LogP contribution in [0.25, 0.3) is 11.0 Å². The maximum absolute atomic E-state index is 13.6. The molecule has 0 N–H and O–H groups in total. The highest BCUT2D eigenvalue weighted by Gasteiger charge is 2.31. The third kappa shape index (κ3) is 5.79. The van der Waals surface area contributed by atoms with Crippen molar-refractivity contribution in [1.82, 2.24) is 18.8 Å². The molecule has 0 aliphatic carbocycles. The number of aromatic nitrogens is 2. The van der Waals surface area contributed by atoms with Crippen molar-refractivity contribution < 1.29 is 12.8 Å². The number of rotatable bonds is 11. The molecule has 1 aromatic carbocycles. The van der Waals surface area contributed by atoms with Crippen LogP contribution < -0.4 is 0 Å². The van der Waals surface area contributed by atoms with Crippen LogP contribution in [0.2, 0.25) is 0 Å². The fraction of sp³-hybridized carbons (Fsp3) is 0.542. The minimum atomic E-state index is -3.69. The lowest BCUT2D eigenvalue weighted by Crippen LogP contribution is -2.47. The molecule has 0 amide bonds. The minimum absolute atomic E-state index is 0.229. The number of benzene rings is 1. The van der Waals surface area contributed by atoms with Gasteiger partial charge in [0.15, 0.2) is 0 Å². The molecule has 0 radical (unpaired) electrons. The summed E-state index contributed by atoms with van der Waals surface area (Å²) in [6.07, 6.45) is 5.74. The van der Waals surface area contributed by atoms with E-state index in [4.69, 9.17) is 4.42 Å². The summed E-state index contributed by atoms with van der Waals surface area (Å²) in [4.78, 5) is 6.90. The Balaban J connectivity index is 1.93. The molecule has 0 saturated heterocycles. The number of hydrogen-bond acceptors (Lipinski definition) is 5. The molecule has 0 bridgehead atoms. The first kappa shape index (κ1) is 24.5. The van der Waals surface area contributed by atoms with Crippen LogP contribution in [-0.4, -0.2) is 59.9 Å². The van der Waals surface area contributed by atoms with E-state index in [9.17, 15) is 8.42 Å². The van der Waals surface area contributed by atoms with Crippen LogP contribution in [0.1, 0.15) is 33.4 Å². The van der Waals surface area contributed by atoms with Crippen molar-refractivity contribution >= 4 is 21.0 Å². The Morgan fingerprint density at radius 3 is 2.34 bits per heavy atom. The molecule has 2 aromatic heterocycles. The Morgan fingerprint density at radius 1 is 1.06 bits per heavy atom. The van der Waals surface area contributed by atoms with Crippen LogP contribution in [-0.2, 0) is 23.5 Å². The molecule has 0 fully saturated rings. The molecule has 8 heteroatoms.